The van der Waals surface area contributed by atoms with Crippen molar-refractivity contribution < 1.29 is 0 Å². The van der Waals surface area contributed by atoms with Gasteiger partial charge in [-0.15, -0.1) is 0 Å². The number of hydrogen-bond donors (Lipinski definition) is 0. The van der Waals surface area contributed by atoms with E-state index in [-0.39, 0.29) is 5.41 Å². The van der Waals surface area contributed by atoms with Crippen molar-refractivity contribution in [3.05, 3.63) is 48.5 Å². The fourth-order valence-electron chi connectivity index (χ4n) is 3.17. The van der Waals surface area contributed by atoms with Crippen LogP contribution in [0.3, 0.4) is 0 Å². The summed E-state index contributed by atoms with van der Waals surface area (Å²) in [5.74, 6) is 0. The Kier molecular flexibility index (Phi) is 2.18. The number of piperidine rings is 1. The molecule has 1 saturated heterocycles. The maximum absolute atomic E-state index is 5.85. The highest BCUT2D eigenvalue weighted by Crippen LogP contribution is 2.46. The molecule has 1 nitrogen and oxygen atoms in total. The van der Waals surface area contributed by atoms with Gasteiger partial charge in [0.1, 0.15) is 0 Å². The van der Waals surface area contributed by atoms with Crippen molar-refractivity contribution in [3.8, 4) is 0 Å². The Balaban J connectivity index is 2.05. The molecule has 2 radical (unpaired) electrons. The third-order valence-corrected chi connectivity index (χ3v) is 4.07. The summed E-state index contributed by atoms with van der Waals surface area (Å²) in [6.45, 7) is 4.22. The molecule has 0 bridgehead atoms. The molecule has 1 aliphatic carbocycles. The summed E-state index contributed by atoms with van der Waals surface area (Å²) in [5.41, 5.74) is 4.66. The molecule has 0 aromatic heterocycles. The maximum atomic E-state index is 5.85. The second-order valence-electron chi connectivity index (χ2n) is 5.07. The van der Waals surface area contributed by atoms with Crippen LogP contribution in [-0.2, 0) is 5.41 Å². The highest BCUT2D eigenvalue weighted by molar-refractivity contribution is 5.75. The maximum Gasteiger partial charge on any atom is 0.0438 e. The molecule has 1 heterocycles. The molecule has 0 unspecified atom stereocenters. The number of rotatable bonds is 0. The molecular formula is C15H17N. The molecule has 0 N–H and O–H groups in total. The molecule has 1 fully saturated rings. The van der Waals surface area contributed by atoms with Crippen molar-refractivity contribution in [3.63, 3.8) is 0 Å². The number of benzene rings is 1. The molecular weight excluding hydrogens is 194 g/mol. The average molecular weight is 211 g/mol. The number of likely N-dealkylation sites (tertiary alicyclic amines) is 1. The topological polar surface area (TPSA) is 3.24 Å². The molecule has 0 amide bonds. The molecule has 1 aromatic carbocycles. The Labute approximate surface area is 97.8 Å². The quantitative estimate of drug-likeness (QED) is 0.637. The summed E-state index contributed by atoms with van der Waals surface area (Å²) in [6.07, 6.45) is 4.76. The van der Waals surface area contributed by atoms with E-state index >= 15 is 0 Å². The molecule has 16 heavy (non-hydrogen) atoms. The van der Waals surface area contributed by atoms with E-state index in [9.17, 15) is 0 Å². The second-order valence-corrected chi connectivity index (χ2v) is 5.07. The lowest BCUT2D eigenvalue weighted by Crippen LogP contribution is -2.37. The van der Waals surface area contributed by atoms with E-state index in [0.29, 0.717) is 0 Å². The zero-order valence-corrected chi connectivity index (χ0v) is 9.74. The van der Waals surface area contributed by atoms with Crippen molar-refractivity contribution in [2.75, 3.05) is 13.1 Å². The van der Waals surface area contributed by atoms with Crippen molar-refractivity contribution >= 4 is 5.57 Å². The van der Waals surface area contributed by atoms with E-state index in [1.807, 2.05) is 4.90 Å². The zero-order chi connectivity index (χ0) is 11.2. The van der Waals surface area contributed by atoms with Crippen LogP contribution in [0.4, 0.5) is 0 Å². The summed E-state index contributed by atoms with van der Waals surface area (Å²) < 4.78 is 0. The molecule has 82 valence electrons. The average Bonchev–Trinajstić information content (AvgIpc) is 2.58. The van der Waals surface area contributed by atoms with Gasteiger partial charge in [0.05, 0.1) is 0 Å². The summed E-state index contributed by atoms with van der Waals surface area (Å²) in [4.78, 5) is 1.94. The van der Waals surface area contributed by atoms with E-state index in [4.69, 9.17) is 7.05 Å². The van der Waals surface area contributed by atoms with Gasteiger partial charge in [-0.1, -0.05) is 30.3 Å². The van der Waals surface area contributed by atoms with Crippen molar-refractivity contribution in [2.45, 2.75) is 25.2 Å². The predicted octanol–water partition coefficient (Wildman–Crippen LogP) is 3.11. The fraction of sp³-hybridized carbons (Fsp3) is 0.400. The Morgan fingerprint density at radius 3 is 2.62 bits per heavy atom. The Bertz CT molecular complexity index is 437. The lowest BCUT2D eigenvalue weighted by molar-refractivity contribution is 0.240. The number of fused-ring (bicyclic) bond motifs is 2. The molecule has 0 atom stereocenters. The Morgan fingerprint density at radius 2 is 1.88 bits per heavy atom. The minimum Gasteiger partial charge on any atom is -0.297 e. The molecule has 2 aliphatic rings. The molecule has 1 heteroatoms. The highest BCUT2D eigenvalue weighted by atomic mass is 15.1. The largest absolute Gasteiger partial charge is 0.297 e. The van der Waals surface area contributed by atoms with Crippen LogP contribution in [0.25, 0.3) is 5.57 Å². The fourth-order valence-corrected chi connectivity index (χ4v) is 3.17. The van der Waals surface area contributed by atoms with Gasteiger partial charge in [0.2, 0.25) is 0 Å². The van der Waals surface area contributed by atoms with E-state index < -0.39 is 0 Å². The third kappa shape index (κ3) is 1.35. The lowest BCUT2D eigenvalue weighted by atomic mass is 9.75. The number of allylic oxidation sites excluding steroid dienone is 2. The van der Waals surface area contributed by atoms with Gasteiger partial charge in [-0.05, 0) is 49.6 Å². The van der Waals surface area contributed by atoms with E-state index in [0.717, 1.165) is 25.9 Å². The minimum atomic E-state index is 0.274. The first-order chi connectivity index (χ1) is 7.71. The zero-order valence-electron chi connectivity index (χ0n) is 9.74. The lowest BCUT2D eigenvalue weighted by Gasteiger charge is -2.37. The van der Waals surface area contributed by atoms with Crippen LogP contribution in [-0.4, -0.2) is 18.0 Å². The summed E-state index contributed by atoms with van der Waals surface area (Å²) in [6, 6.07) is 8.81. The standard InChI is InChI=1S/C15H17N/c1-12-11-15(7-9-16(2)10-8-15)14-6-4-3-5-13(12)14/h2-6,11H,7-10H2,1H3. The third-order valence-electron chi connectivity index (χ3n) is 4.07. The van der Waals surface area contributed by atoms with Crippen LogP contribution >= 0.6 is 0 Å². The van der Waals surface area contributed by atoms with Gasteiger partial charge >= 0.3 is 0 Å². The smallest absolute Gasteiger partial charge is 0.0438 e. The molecule has 3 rings (SSSR count). The van der Waals surface area contributed by atoms with Crippen LogP contribution in [0.1, 0.15) is 30.9 Å². The van der Waals surface area contributed by atoms with Crippen molar-refractivity contribution in [1.82, 2.24) is 4.90 Å². The van der Waals surface area contributed by atoms with Crippen molar-refractivity contribution in [2.24, 2.45) is 0 Å². The predicted molar refractivity (Wildman–Crippen MR) is 66.9 cm³/mol. The van der Waals surface area contributed by atoms with Crippen LogP contribution in [0, 0.1) is 7.05 Å². The summed E-state index contributed by atoms with van der Waals surface area (Å²) >= 11 is 0. The monoisotopic (exact) mass is 211 g/mol. The highest BCUT2D eigenvalue weighted by Gasteiger charge is 2.38. The van der Waals surface area contributed by atoms with Gasteiger partial charge in [0.15, 0.2) is 0 Å². The first-order valence-corrected chi connectivity index (χ1v) is 6.00. The van der Waals surface area contributed by atoms with E-state index in [1.54, 1.807) is 0 Å². The first kappa shape index (κ1) is 10.1. The van der Waals surface area contributed by atoms with Crippen LogP contribution in [0.15, 0.2) is 30.3 Å². The molecule has 1 aromatic rings. The second kappa shape index (κ2) is 3.46. The van der Waals surface area contributed by atoms with Crippen molar-refractivity contribution in [1.29, 1.82) is 0 Å². The van der Waals surface area contributed by atoms with Gasteiger partial charge in [-0.3, -0.25) is 4.90 Å². The van der Waals surface area contributed by atoms with Gasteiger partial charge in [-0.2, -0.15) is 0 Å². The normalized spacial score (nSPS) is 23.2. The van der Waals surface area contributed by atoms with E-state index in [1.165, 1.54) is 16.7 Å². The van der Waals surface area contributed by atoms with Gasteiger partial charge in [0, 0.05) is 12.5 Å². The van der Waals surface area contributed by atoms with Crippen LogP contribution in [0.2, 0.25) is 0 Å². The van der Waals surface area contributed by atoms with E-state index in [2.05, 4.69) is 37.3 Å². The molecule has 0 saturated carbocycles. The van der Waals surface area contributed by atoms with Crippen LogP contribution in [0.5, 0.6) is 0 Å². The number of hydrogen-bond acceptors (Lipinski definition) is 1. The van der Waals surface area contributed by atoms with Gasteiger partial charge in [0.25, 0.3) is 0 Å². The first-order valence-electron chi connectivity index (χ1n) is 6.00. The number of nitrogens with zero attached hydrogens (tertiary/aromatic N) is 1. The van der Waals surface area contributed by atoms with Gasteiger partial charge in [-0.25, -0.2) is 0 Å². The SMILES string of the molecule is [CH]N1CCC2(C=C(C)c3ccccc32)CC1. The Morgan fingerprint density at radius 1 is 1.19 bits per heavy atom. The van der Waals surface area contributed by atoms with Gasteiger partial charge < -0.3 is 0 Å². The van der Waals surface area contributed by atoms with Crippen LogP contribution < -0.4 is 0 Å². The minimum absolute atomic E-state index is 0.274. The summed E-state index contributed by atoms with van der Waals surface area (Å²) in [7, 11) is 5.85. The summed E-state index contributed by atoms with van der Waals surface area (Å²) in [5, 5.41) is 0. The Hall–Kier alpha value is -1.08. The molecule has 1 aliphatic heterocycles. The molecule has 1 spiro atoms.